The average molecular weight is 542 g/mol. The number of hydrogen-bond donors (Lipinski definition) is 2. The van der Waals surface area contributed by atoms with Crippen LogP contribution in [0.2, 0.25) is 0 Å². The van der Waals surface area contributed by atoms with Crippen LogP contribution in [0.15, 0.2) is 95.9 Å². The minimum absolute atomic E-state index is 0.0239. The van der Waals surface area contributed by atoms with Crippen LogP contribution in [0.1, 0.15) is 27.0 Å². The molecule has 0 aliphatic carbocycles. The van der Waals surface area contributed by atoms with Crippen molar-refractivity contribution >= 4 is 33.8 Å². The van der Waals surface area contributed by atoms with Crippen molar-refractivity contribution in [3.05, 3.63) is 119 Å². The molecule has 0 saturated carbocycles. The van der Waals surface area contributed by atoms with E-state index in [4.69, 9.17) is 0 Å². The zero-order chi connectivity index (χ0) is 27.5. The Balaban J connectivity index is 1.54. The van der Waals surface area contributed by atoms with Crippen LogP contribution in [0.25, 0.3) is 23.3 Å². The first-order valence-electron chi connectivity index (χ1n) is 11.0. The van der Waals surface area contributed by atoms with E-state index in [-0.39, 0.29) is 16.1 Å². The van der Waals surface area contributed by atoms with Crippen molar-refractivity contribution in [2.75, 3.05) is 4.72 Å². The van der Waals surface area contributed by atoms with E-state index in [9.17, 15) is 35.9 Å². The van der Waals surface area contributed by atoms with Gasteiger partial charge in [-0.05, 0) is 82.9 Å². The fourth-order valence-electron chi connectivity index (χ4n) is 3.60. The Morgan fingerprint density at radius 1 is 0.789 bits per heavy atom. The molecule has 0 heterocycles. The molecule has 10 heteroatoms. The Labute approximate surface area is 215 Å². The van der Waals surface area contributed by atoms with Crippen molar-refractivity contribution in [3.8, 4) is 11.1 Å². The van der Waals surface area contributed by atoms with Gasteiger partial charge in [-0.2, -0.15) is 13.2 Å². The number of alkyl halides is 3. The zero-order valence-electron chi connectivity index (χ0n) is 19.4. The number of sulfonamides is 1. The predicted octanol–water partition coefficient (Wildman–Crippen LogP) is 7.18. The lowest BCUT2D eigenvalue weighted by Gasteiger charge is -2.10. The van der Waals surface area contributed by atoms with Gasteiger partial charge in [0.2, 0.25) is 0 Å². The van der Waals surface area contributed by atoms with Crippen LogP contribution >= 0.6 is 0 Å². The molecule has 5 nitrogen and oxygen atoms in total. The van der Waals surface area contributed by atoms with Gasteiger partial charge >= 0.3 is 12.1 Å². The summed E-state index contributed by atoms with van der Waals surface area (Å²) < 4.78 is 78.9. The highest BCUT2D eigenvalue weighted by Gasteiger charge is 2.30. The van der Waals surface area contributed by atoms with Crippen molar-refractivity contribution in [2.24, 2.45) is 0 Å². The highest BCUT2D eigenvalue weighted by atomic mass is 32.2. The normalized spacial score (nSPS) is 12.0. The predicted molar refractivity (Wildman–Crippen MR) is 136 cm³/mol. The van der Waals surface area contributed by atoms with E-state index in [0.29, 0.717) is 22.3 Å². The number of aromatic carboxylic acids is 1. The molecule has 0 aliphatic heterocycles. The fraction of sp³-hybridized carbons (Fsp3) is 0.0357. The molecule has 0 aliphatic rings. The zero-order valence-corrected chi connectivity index (χ0v) is 20.2. The van der Waals surface area contributed by atoms with Crippen molar-refractivity contribution in [1.82, 2.24) is 0 Å². The van der Waals surface area contributed by atoms with Gasteiger partial charge in [-0.25, -0.2) is 17.6 Å². The molecule has 0 amide bonds. The number of benzene rings is 4. The third kappa shape index (κ3) is 6.27. The molecule has 0 unspecified atom stereocenters. The number of carbonyl (C=O) groups is 1. The van der Waals surface area contributed by atoms with Gasteiger partial charge in [0.15, 0.2) is 0 Å². The number of hydrogen-bond acceptors (Lipinski definition) is 3. The molecule has 0 spiro atoms. The monoisotopic (exact) mass is 541 g/mol. The van der Waals surface area contributed by atoms with Gasteiger partial charge in [0.1, 0.15) is 5.82 Å². The summed E-state index contributed by atoms with van der Waals surface area (Å²) in [5, 5.41) is 9.55. The summed E-state index contributed by atoms with van der Waals surface area (Å²) in [7, 11) is -4.06. The van der Waals surface area contributed by atoms with Crippen LogP contribution in [-0.2, 0) is 16.2 Å². The van der Waals surface area contributed by atoms with Crippen LogP contribution in [0, 0.1) is 5.82 Å². The molecule has 0 fully saturated rings. The molecule has 4 rings (SSSR count). The maximum absolute atomic E-state index is 13.3. The lowest BCUT2D eigenvalue weighted by Crippen LogP contribution is -2.13. The molecule has 0 radical (unpaired) electrons. The number of halogens is 4. The topological polar surface area (TPSA) is 83.5 Å². The number of nitrogens with one attached hydrogen (secondary N) is 1. The smallest absolute Gasteiger partial charge is 0.416 e. The number of carboxylic acids is 1. The average Bonchev–Trinajstić information content (AvgIpc) is 2.87. The lowest BCUT2D eigenvalue weighted by molar-refractivity contribution is -0.137. The summed E-state index contributed by atoms with van der Waals surface area (Å²) in [5.74, 6) is -1.53. The second kappa shape index (κ2) is 10.5. The molecule has 0 bridgehead atoms. The maximum Gasteiger partial charge on any atom is 0.416 e. The molecule has 194 valence electrons. The largest absolute Gasteiger partial charge is 0.478 e. The first-order valence-corrected chi connectivity index (χ1v) is 12.5. The Bertz CT molecular complexity index is 1600. The fourth-order valence-corrected chi connectivity index (χ4v) is 4.66. The van der Waals surface area contributed by atoms with Gasteiger partial charge in [0.25, 0.3) is 10.0 Å². The Kier molecular flexibility index (Phi) is 7.36. The van der Waals surface area contributed by atoms with Gasteiger partial charge in [-0.1, -0.05) is 42.5 Å². The van der Waals surface area contributed by atoms with Crippen LogP contribution in [0.3, 0.4) is 0 Å². The minimum atomic E-state index is -4.53. The summed E-state index contributed by atoms with van der Waals surface area (Å²) in [4.78, 5) is 11.6. The molecular formula is C28H19F4NO4S. The lowest BCUT2D eigenvalue weighted by atomic mass is 9.98. The molecule has 4 aromatic carbocycles. The van der Waals surface area contributed by atoms with Crippen LogP contribution in [0.4, 0.5) is 23.2 Å². The van der Waals surface area contributed by atoms with Gasteiger partial charge in [0, 0.05) is 5.69 Å². The second-order valence-corrected chi connectivity index (χ2v) is 9.88. The van der Waals surface area contributed by atoms with Crippen molar-refractivity contribution in [3.63, 3.8) is 0 Å². The van der Waals surface area contributed by atoms with Crippen molar-refractivity contribution in [1.29, 1.82) is 0 Å². The standard InChI is InChI=1S/C28H19F4NO4S/c29-23-10-5-19(6-11-23)20-7-16-26(27(34)35)21(17-20)4-1-18-2-14-25(15-3-18)38(36,37)33-24-12-8-22(9-13-24)28(30,31)32/h1-17,33H,(H,34,35). The van der Waals surface area contributed by atoms with E-state index in [1.54, 1.807) is 36.4 Å². The molecule has 0 aromatic heterocycles. The Morgan fingerprint density at radius 3 is 1.97 bits per heavy atom. The van der Waals surface area contributed by atoms with Gasteiger partial charge in [-0.15, -0.1) is 0 Å². The SMILES string of the molecule is O=C(O)c1ccc(-c2ccc(F)cc2)cc1C=Cc1ccc(S(=O)(=O)Nc2ccc(C(F)(F)F)cc2)cc1. The third-order valence-electron chi connectivity index (χ3n) is 5.57. The second-order valence-electron chi connectivity index (χ2n) is 8.20. The van der Waals surface area contributed by atoms with Gasteiger partial charge < -0.3 is 5.11 Å². The number of anilines is 1. The van der Waals surface area contributed by atoms with Crippen LogP contribution < -0.4 is 4.72 Å². The maximum atomic E-state index is 13.3. The van der Waals surface area contributed by atoms with Crippen molar-refractivity contribution < 1.29 is 35.9 Å². The highest BCUT2D eigenvalue weighted by molar-refractivity contribution is 7.92. The molecule has 38 heavy (non-hydrogen) atoms. The van der Waals surface area contributed by atoms with E-state index in [1.807, 2.05) is 0 Å². The quantitative estimate of drug-likeness (QED) is 0.192. The number of carboxylic acid groups (broad SMARTS) is 1. The first kappa shape index (κ1) is 26.6. The van der Waals surface area contributed by atoms with E-state index >= 15 is 0 Å². The van der Waals surface area contributed by atoms with E-state index < -0.39 is 33.5 Å². The third-order valence-corrected chi connectivity index (χ3v) is 6.97. The van der Waals surface area contributed by atoms with Gasteiger partial charge in [0.05, 0.1) is 16.0 Å². The van der Waals surface area contributed by atoms with E-state index in [1.165, 1.54) is 42.5 Å². The molecule has 0 saturated heterocycles. The Hall–Kier alpha value is -4.44. The van der Waals surface area contributed by atoms with Crippen LogP contribution in [0.5, 0.6) is 0 Å². The first-order chi connectivity index (χ1) is 17.9. The summed E-state index contributed by atoms with van der Waals surface area (Å²) in [6.07, 6.45) is -1.36. The van der Waals surface area contributed by atoms with E-state index in [2.05, 4.69) is 4.72 Å². The summed E-state index contributed by atoms with van der Waals surface area (Å²) >= 11 is 0. The number of rotatable bonds is 7. The van der Waals surface area contributed by atoms with Crippen molar-refractivity contribution in [2.45, 2.75) is 11.1 Å². The van der Waals surface area contributed by atoms with E-state index in [0.717, 1.165) is 24.3 Å². The molecule has 2 N–H and O–H groups in total. The molecule has 4 aromatic rings. The summed E-state index contributed by atoms with van der Waals surface area (Å²) in [6.45, 7) is 0. The Morgan fingerprint density at radius 2 is 1.39 bits per heavy atom. The van der Waals surface area contributed by atoms with Gasteiger partial charge in [-0.3, -0.25) is 4.72 Å². The molecular weight excluding hydrogens is 522 g/mol. The molecule has 0 atom stereocenters. The summed E-state index contributed by atoms with van der Waals surface area (Å²) in [5.41, 5.74) is 1.47. The highest BCUT2D eigenvalue weighted by Crippen LogP contribution is 2.30. The minimum Gasteiger partial charge on any atom is -0.478 e. The van der Waals surface area contributed by atoms with Crippen LogP contribution in [-0.4, -0.2) is 19.5 Å². The summed E-state index contributed by atoms with van der Waals surface area (Å²) in [6, 6.07) is 19.7.